The number of hydrogen-bond donors (Lipinski definition) is 1. The molecule has 1 atom stereocenters. The summed E-state index contributed by atoms with van der Waals surface area (Å²) in [6.45, 7) is 4.47. The van der Waals surface area contributed by atoms with E-state index in [9.17, 15) is 9.59 Å². The van der Waals surface area contributed by atoms with Gasteiger partial charge in [-0.15, -0.1) is 0 Å². The number of rotatable bonds is 29. The van der Waals surface area contributed by atoms with Gasteiger partial charge in [-0.3, -0.25) is 9.59 Å². The number of ether oxygens (including phenoxy) is 1. The van der Waals surface area contributed by atoms with Crippen molar-refractivity contribution in [2.24, 2.45) is 0 Å². The molecular weight excluding hydrogens is 448 g/mol. The van der Waals surface area contributed by atoms with E-state index in [0.717, 1.165) is 64.2 Å². The van der Waals surface area contributed by atoms with Gasteiger partial charge in [-0.2, -0.15) is 0 Å². The fraction of sp³-hybridized carbons (Fsp3) is 0.938. The van der Waals surface area contributed by atoms with Crippen LogP contribution < -0.4 is 0 Å². The number of esters is 1. The fourth-order valence-corrected chi connectivity index (χ4v) is 4.93. The van der Waals surface area contributed by atoms with Crippen molar-refractivity contribution in [2.75, 3.05) is 0 Å². The van der Waals surface area contributed by atoms with Crippen molar-refractivity contribution in [2.45, 2.75) is 193 Å². The molecule has 0 aliphatic rings. The molecule has 4 nitrogen and oxygen atoms in total. The standard InChI is InChI=1S/C32H62O4/c1-3-5-7-8-9-10-11-12-13-14-19-22-25-29-32(35)36-30(26-6-4-2)27-23-20-17-15-16-18-21-24-28-31(33)34/h30H,3-29H2,1-2H3,(H,33,34). The van der Waals surface area contributed by atoms with Crippen LogP contribution in [0.4, 0.5) is 0 Å². The van der Waals surface area contributed by atoms with Crippen LogP contribution in [0, 0.1) is 0 Å². The fourth-order valence-electron chi connectivity index (χ4n) is 4.93. The minimum Gasteiger partial charge on any atom is -0.481 e. The lowest BCUT2D eigenvalue weighted by Crippen LogP contribution is -2.18. The summed E-state index contributed by atoms with van der Waals surface area (Å²) in [5, 5.41) is 8.66. The molecule has 0 aromatic heterocycles. The summed E-state index contributed by atoms with van der Waals surface area (Å²) < 4.78 is 5.86. The van der Waals surface area contributed by atoms with Crippen molar-refractivity contribution in [3.8, 4) is 0 Å². The second-order valence-corrected chi connectivity index (χ2v) is 11.0. The van der Waals surface area contributed by atoms with E-state index < -0.39 is 5.97 Å². The van der Waals surface area contributed by atoms with E-state index in [0.29, 0.717) is 12.8 Å². The van der Waals surface area contributed by atoms with Gasteiger partial charge in [-0.25, -0.2) is 0 Å². The predicted octanol–water partition coefficient (Wildman–Crippen LogP) is 10.6. The van der Waals surface area contributed by atoms with Crippen molar-refractivity contribution < 1.29 is 19.4 Å². The molecular formula is C32H62O4. The molecule has 4 heteroatoms. The molecule has 0 heterocycles. The van der Waals surface area contributed by atoms with Gasteiger partial charge in [0.2, 0.25) is 0 Å². The summed E-state index contributed by atoms with van der Waals surface area (Å²) in [4.78, 5) is 22.9. The Balaban J connectivity index is 3.65. The maximum atomic E-state index is 12.4. The Bertz CT molecular complexity index is 477. The molecule has 1 N–H and O–H groups in total. The Morgan fingerprint density at radius 2 is 0.861 bits per heavy atom. The first kappa shape index (κ1) is 34.9. The van der Waals surface area contributed by atoms with Crippen molar-refractivity contribution in [1.29, 1.82) is 0 Å². The Hall–Kier alpha value is -1.06. The molecule has 36 heavy (non-hydrogen) atoms. The first-order valence-corrected chi connectivity index (χ1v) is 16.0. The summed E-state index contributed by atoms with van der Waals surface area (Å²) in [6, 6.07) is 0. The van der Waals surface area contributed by atoms with Crippen LogP contribution in [0.1, 0.15) is 187 Å². The minimum atomic E-state index is -0.683. The first-order valence-electron chi connectivity index (χ1n) is 16.0. The zero-order valence-corrected chi connectivity index (χ0v) is 24.3. The molecule has 0 aromatic carbocycles. The topological polar surface area (TPSA) is 63.6 Å². The average Bonchev–Trinajstić information content (AvgIpc) is 2.86. The van der Waals surface area contributed by atoms with E-state index >= 15 is 0 Å². The largest absolute Gasteiger partial charge is 0.481 e. The van der Waals surface area contributed by atoms with Gasteiger partial charge >= 0.3 is 11.9 Å². The van der Waals surface area contributed by atoms with Gasteiger partial charge in [-0.1, -0.05) is 142 Å². The minimum absolute atomic E-state index is 0.0144. The molecule has 0 saturated carbocycles. The number of carbonyl (C=O) groups is 2. The van der Waals surface area contributed by atoms with E-state index in [1.807, 2.05) is 0 Å². The van der Waals surface area contributed by atoms with Crippen LogP contribution in [0.15, 0.2) is 0 Å². The zero-order chi connectivity index (χ0) is 26.5. The number of aliphatic carboxylic acids is 1. The van der Waals surface area contributed by atoms with E-state index in [1.54, 1.807) is 0 Å². The molecule has 0 aliphatic carbocycles. The average molecular weight is 511 g/mol. The molecule has 214 valence electrons. The van der Waals surface area contributed by atoms with Crippen molar-refractivity contribution >= 4 is 11.9 Å². The third-order valence-corrected chi connectivity index (χ3v) is 7.33. The van der Waals surface area contributed by atoms with Crippen molar-refractivity contribution in [1.82, 2.24) is 0 Å². The van der Waals surface area contributed by atoms with E-state index in [4.69, 9.17) is 9.84 Å². The summed E-state index contributed by atoms with van der Waals surface area (Å²) in [5.41, 5.74) is 0. The van der Waals surface area contributed by atoms with Gasteiger partial charge in [0.05, 0.1) is 0 Å². The highest BCUT2D eigenvalue weighted by molar-refractivity contribution is 5.69. The Kier molecular flexibility index (Phi) is 27.7. The Morgan fingerprint density at radius 3 is 1.31 bits per heavy atom. The highest BCUT2D eigenvalue weighted by atomic mass is 16.5. The van der Waals surface area contributed by atoms with Gasteiger partial charge in [0.25, 0.3) is 0 Å². The monoisotopic (exact) mass is 510 g/mol. The van der Waals surface area contributed by atoms with E-state index in [2.05, 4.69) is 13.8 Å². The van der Waals surface area contributed by atoms with Crippen LogP contribution in [0.5, 0.6) is 0 Å². The molecule has 0 amide bonds. The van der Waals surface area contributed by atoms with Gasteiger partial charge in [0, 0.05) is 12.8 Å². The summed E-state index contributed by atoms with van der Waals surface area (Å²) in [6.07, 6.45) is 31.5. The van der Waals surface area contributed by atoms with Gasteiger partial charge in [0.15, 0.2) is 0 Å². The van der Waals surface area contributed by atoms with E-state index in [1.165, 1.54) is 96.3 Å². The number of hydrogen-bond acceptors (Lipinski definition) is 3. The van der Waals surface area contributed by atoms with Crippen LogP contribution in [-0.4, -0.2) is 23.1 Å². The normalized spacial score (nSPS) is 12.1. The molecule has 0 spiro atoms. The second kappa shape index (κ2) is 28.5. The number of unbranched alkanes of at least 4 members (excludes halogenated alkanes) is 20. The van der Waals surface area contributed by atoms with Crippen LogP contribution in [-0.2, 0) is 14.3 Å². The third-order valence-electron chi connectivity index (χ3n) is 7.33. The van der Waals surface area contributed by atoms with Crippen molar-refractivity contribution in [3.05, 3.63) is 0 Å². The smallest absolute Gasteiger partial charge is 0.306 e. The lowest BCUT2D eigenvalue weighted by atomic mass is 10.0. The van der Waals surface area contributed by atoms with Crippen molar-refractivity contribution in [3.63, 3.8) is 0 Å². The van der Waals surface area contributed by atoms with Crippen LogP contribution >= 0.6 is 0 Å². The lowest BCUT2D eigenvalue weighted by molar-refractivity contribution is -0.150. The van der Waals surface area contributed by atoms with Gasteiger partial charge in [0.1, 0.15) is 6.10 Å². The summed E-state index contributed by atoms with van der Waals surface area (Å²) >= 11 is 0. The maximum Gasteiger partial charge on any atom is 0.306 e. The molecule has 0 radical (unpaired) electrons. The summed E-state index contributed by atoms with van der Waals surface area (Å²) in [7, 11) is 0. The molecule has 0 aromatic rings. The number of carboxylic acid groups (broad SMARTS) is 1. The number of carboxylic acids is 1. The highest BCUT2D eigenvalue weighted by Crippen LogP contribution is 2.18. The lowest BCUT2D eigenvalue weighted by Gasteiger charge is -2.18. The number of carbonyl (C=O) groups excluding carboxylic acids is 1. The molecule has 0 bridgehead atoms. The summed E-state index contributed by atoms with van der Waals surface area (Å²) in [5.74, 6) is -0.668. The van der Waals surface area contributed by atoms with E-state index in [-0.39, 0.29) is 12.1 Å². The third kappa shape index (κ3) is 27.5. The molecule has 0 saturated heterocycles. The maximum absolute atomic E-state index is 12.4. The Labute approximate surface area is 224 Å². The molecule has 1 unspecified atom stereocenters. The van der Waals surface area contributed by atoms with Crippen LogP contribution in [0.25, 0.3) is 0 Å². The quantitative estimate of drug-likeness (QED) is 0.0802. The predicted molar refractivity (Wildman–Crippen MR) is 154 cm³/mol. The molecule has 0 aliphatic heterocycles. The molecule has 0 rings (SSSR count). The second-order valence-electron chi connectivity index (χ2n) is 11.0. The van der Waals surface area contributed by atoms with Crippen LogP contribution in [0.3, 0.4) is 0 Å². The van der Waals surface area contributed by atoms with Gasteiger partial charge in [-0.05, 0) is 32.1 Å². The highest BCUT2D eigenvalue weighted by Gasteiger charge is 2.13. The van der Waals surface area contributed by atoms with Gasteiger partial charge < -0.3 is 9.84 Å². The Morgan fingerprint density at radius 1 is 0.500 bits per heavy atom. The molecule has 0 fully saturated rings. The first-order chi connectivity index (χ1) is 17.6. The SMILES string of the molecule is CCCCCCCCCCCCCCCC(=O)OC(CCCC)CCCCCCCCCCC(=O)O. The van der Waals surface area contributed by atoms with Crippen LogP contribution in [0.2, 0.25) is 0 Å². The zero-order valence-electron chi connectivity index (χ0n) is 24.3.